The lowest BCUT2D eigenvalue weighted by Gasteiger charge is -2.11. The number of nitrogens with zero attached hydrogens (tertiary/aromatic N) is 3. The van der Waals surface area contributed by atoms with Crippen LogP contribution in [-0.4, -0.2) is 14.5 Å². The fourth-order valence-corrected chi connectivity index (χ4v) is 4.26. The van der Waals surface area contributed by atoms with E-state index >= 15 is 0 Å². The van der Waals surface area contributed by atoms with Gasteiger partial charge in [-0.1, -0.05) is 60.7 Å². The lowest BCUT2D eigenvalue weighted by Crippen LogP contribution is -2.03. The zero-order valence-electron chi connectivity index (χ0n) is 15.4. The van der Waals surface area contributed by atoms with Gasteiger partial charge in [-0.25, -0.2) is 9.97 Å². The summed E-state index contributed by atoms with van der Waals surface area (Å²) >= 11 is 0. The Kier molecular flexibility index (Phi) is 3.09. The van der Waals surface area contributed by atoms with Crippen molar-refractivity contribution >= 4 is 43.6 Å². The van der Waals surface area contributed by atoms with Crippen LogP contribution in [0, 0.1) is 6.92 Å². The molecule has 0 bridgehead atoms. The smallest absolute Gasteiger partial charge is 0.159 e. The van der Waals surface area contributed by atoms with Crippen molar-refractivity contribution in [1.29, 1.82) is 0 Å². The Hall–Kier alpha value is -3.72. The molecule has 0 radical (unpaired) electrons. The minimum absolute atomic E-state index is 0.889. The highest BCUT2D eigenvalue weighted by Crippen LogP contribution is 2.36. The molecule has 0 aliphatic rings. The monoisotopic (exact) mass is 359 g/mol. The first-order valence-electron chi connectivity index (χ1n) is 9.46. The van der Waals surface area contributed by atoms with E-state index < -0.39 is 0 Å². The summed E-state index contributed by atoms with van der Waals surface area (Å²) in [7, 11) is 0. The molecule has 6 rings (SSSR count). The first kappa shape index (κ1) is 15.3. The number of aryl methyl sites for hydroxylation is 1. The summed E-state index contributed by atoms with van der Waals surface area (Å²) in [6.45, 7) is 2.04. The third kappa shape index (κ3) is 2.04. The van der Waals surface area contributed by atoms with E-state index in [9.17, 15) is 0 Å². The van der Waals surface area contributed by atoms with Crippen LogP contribution in [0.2, 0.25) is 0 Å². The minimum atomic E-state index is 0.889. The maximum Gasteiger partial charge on any atom is 0.159 e. The van der Waals surface area contributed by atoms with Gasteiger partial charge < -0.3 is 0 Å². The van der Waals surface area contributed by atoms with Crippen molar-refractivity contribution in [2.45, 2.75) is 6.92 Å². The molecule has 0 amide bonds. The van der Waals surface area contributed by atoms with Crippen molar-refractivity contribution in [2.24, 2.45) is 0 Å². The van der Waals surface area contributed by atoms with E-state index in [1.165, 1.54) is 21.5 Å². The molecule has 0 N–H and O–H groups in total. The number of rotatable bonds is 1. The lowest BCUT2D eigenvalue weighted by molar-refractivity contribution is 1.03. The number of hydrogen-bond donors (Lipinski definition) is 0. The van der Waals surface area contributed by atoms with Gasteiger partial charge in [-0.2, -0.15) is 0 Å². The van der Waals surface area contributed by atoms with Crippen molar-refractivity contribution in [3.05, 3.63) is 90.6 Å². The van der Waals surface area contributed by atoms with Crippen LogP contribution in [0.25, 0.3) is 49.4 Å². The van der Waals surface area contributed by atoms with Crippen LogP contribution in [0.1, 0.15) is 5.69 Å². The van der Waals surface area contributed by atoms with Gasteiger partial charge in [0.15, 0.2) is 5.82 Å². The molecule has 6 aromatic rings. The summed E-state index contributed by atoms with van der Waals surface area (Å²) in [5, 5.41) is 5.02. The second-order valence-corrected chi connectivity index (χ2v) is 7.15. The maximum absolute atomic E-state index is 5.00. The molecule has 4 aromatic carbocycles. The Morgan fingerprint density at radius 1 is 0.607 bits per heavy atom. The summed E-state index contributed by atoms with van der Waals surface area (Å²) in [5.41, 5.74) is 5.08. The highest BCUT2D eigenvalue weighted by atomic mass is 15.1. The molecule has 0 saturated heterocycles. The van der Waals surface area contributed by atoms with Gasteiger partial charge in [0.05, 0.1) is 27.8 Å². The molecular weight excluding hydrogens is 342 g/mol. The Morgan fingerprint density at radius 3 is 2.14 bits per heavy atom. The minimum Gasteiger partial charge on any atom is -0.292 e. The number of hydrogen-bond acceptors (Lipinski definition) is 2. The predicted molar refractivity (Wildman–Crippen MR) is 116 cm³/mol. The molecule has 3 heteroatoms. The normalized spacial score (nSPS) is 11.8. The largest absolute Gasteiger partial charge is 0.292 e. The predicted octanol–water partition coefficient (Wildman–Crippen LogP) is 6.19. The highest BCUT2D eigenvalue weighted by Gasteiger charge is 2.17. The van der Waals surface area contributed by atoms with Crippen LogP contribution in [0.15, 0.2) is 84.9 Å². The van der Waals surface area contributed by atoms with E-state index in [-0.39, 0.29) is 0 Å². The molecule has 132 valence electrons. The second-order valence-electron chi connectivity index (χ2n) is 7.15. The Bertz CT molecular complexity index is 1530. The van der Waals surface area contributed by atoms with Gasteiger partial charge in [-0.3, -0.25) is 4.57 Å². The van der Waals surface area contributed by atoms with Crippen molar-refractivity contribution in [3.63, 3.8) is 0 Å². The first-order chi connectivity index (χ1) is 13.8. The van der Waals surface area contributed by atoms with Crippen LogP contribution >= 0.6 is 0 Å². The van der Waals surface area contributed by atoms with E-state index in [1.807, 2.05) is 31.2 Å². The molecule has 2 heterocycles. The van der Waals surface area contributed by atoms with Crippen molar-refractivity contribution in [2.75, 3.05) is 0 Å². The van der Waals surface area contributed by atoms with E-state index in [2.05, 4.69) is 65.2 Å². The second kappa shape index (κ2) is 5.64. The van der Waals surface area contributed by atoms with E-state index in [0.29, 0.717) is 0 Å². The average Bonchev–Trinajstić information content (AvgIpc) is 3.08. The molecule has 28 heavy (non-hydrogen) atoms. The Morgan fingerprint density at radius 2 is 1.29 bits per heavy atom. The van der Waals surface area contributed by atoms with Crippen LogP contribution in [0.4, 0.5) is 0 Å². The molecular formula is C25H17N3. The third-order valence-corrected chi connectivity index (χ3v) is 5.49. The topological polar surface area (TPSA) is 30.7 Å². The van der Waals surface area contributed by atoms with E-state index in [1.54, 1.807) is 0 Å². The zero-order valence-corrected chi connectivity index (χ0v) is 15.4. The van der Waals surface area contributed by atoms with Gasteiger partial charge in [-0.05, 0) is 42.0 Å². The molecule has 0 aliphatic heterocycles. The van der Waals surface area contributed by atoms with Gasteiger partial charge >= 0.3 is 0 Å². The van der Waals surface area contributed by atoms with Crippen LogP contribution in [0.3, 0.4) is 0 Å². The van der Waals surface area contributed by atoms with Gasteiger partial charge in [-0.15, -0.1) is 0 Å². The van der Waals surface area contributed by atoms with Crippen LogP contribution in [0.5, 0.6) is 0 Å². The van der Waals surface area contributed by atoms with Crippen molar-refractivity contribution in [1.82, 2.24) is 14.5 Å². The third-order valence-electron chi connectivity index (χ3n) is 5.49. The Balaban J connectivity index is 1.83. The average molecular weight is 359 g/mol. The molecule has 3 nitrogen and oxygen atoms in total. The van der Waals surface area contributed by atoms with Gasteiger partial charge in [0.2, 0.25) is 0 Å². The maximum atomic E-state index is 5.00. The van der Waals surface area contributed by atoms with E-state index in [4.69, 9.17) is 9.97 Å². The fourth-order valence-electron chi connectivity index (χ4n) is 4.26. The van der Waals surface area contributed by atoms with Crippen molar-refractivity contribution < 1.29 is 0 Å². The zero-order chi connectivity index (χ0) is 18.7. The molecule has 0 spiro atoms. The molecule has 0 unspecified atom stereocenters. The first-order valence-corrected chi connectivity index (χ1v) is 9.46. The summed E-state index contributed by atoms with van der Waals surface area (Å²) in [6, 6.07) is 29.6. The molecule has 0 fully saturated rings. The van der Waals surface area contributed by atoms with Crippen molar-refractivity contribution in [3.8, 4) is 5.82 Å². The quantitative estimate of drug-likeness (QED) is 0.350. The summed E-state index contributed by atoms with van der Waals surface area (Å²) in [5.74, 6) is 0.889. The molecule has 0 atom stereocenters. The number of para-hydroxylation sites is 3. The summed E-state index contributed by atoms with van der Waals surface area (Å²) in [4.78, 5) is 9.82. The standard InChI is InChI=1S/C25H17N3/c1-16-25(27-21-12-6-5-11-20(21)26-16)28-22-13-7-4-10-19(22)24-18-9-3-2-8-17(18)14-15-23(24)28/h2-15H,1H3. The Labute approximate surface area is 161 Å². The summed E-state index contributed by atoms with van der Waals surface area (Å²) in [6.07, 6.45) is 0. The summed E-state index contributed by atoms with van der Waals surface area (Å²) < 4.78 is 2.26. The van der Waals surface area contributed by atoms with Gasteiger partial charge in [0, 0.05) is 10.8 Å². The van der Waals surface area contributed by atoms with Crippen LogP contribution in [-0.2, 0) is 0 Å². The SMILES string of the molecule is Cc1nc2ccccc2nc1-n1c2ccccc2c2c3ccccc3ccc21. The fraction of sp³-hybridized carbons (Fsp3) is 0.0400. The number of aromatic nitrogens is 3. The van der Waals surface area contributed by atoms with Gasteiger partial charge in [0.25, 0.3) is 0 Å². The van der Waals surface area contributed by atoms with E-state index in [0.717, 1.165) is 33.6 Å². The lowest BCUT2D eigenvalue weighted by atomic mass is 10.0. The van der Waals surface area contributed by atoms with Gasteiger partial charge in [0.1, 0.15) is 0 Å². The molecule has 2 aromatic heterocycles. The molecule has 0 saturated carbocycles. The number of benzene rings is 4. The highest BCUT2D eigenvalue weighted by molar-refractivity contribution is 6.21. The van der Waals surface area contributed by atoms with Crippen LogP contribution < -0.4 is 0 Å². The molecule has 0 aliphatic carbocycles. The number of fused-ring (bicyclic) bond motifs is 6.